The minimum atomic E-state index is 0.357. The Hall–Kier alpha value is -0.560. The van der Waals surface area contributed by atoms with Gasteiger partial charge >= 0.3 is 0 Å². The van der Waals surface area contributed by atoms with Gasteiger partial charge in [0, 0.05) is 6.61 Å². The van der Waals surface area contributed by atoms with E-state index in [4.69, 9.17) is 0 Å². The lowest BCUT2D eigenvalue weighted by Crippen LogP contribution is -2.45. The van der Waals surface area contributed by atoms with E-state index in [1.165, 1.54) is 44.1 Å². The van der Waals surface area contributed by atoms with Crippen LogP contribution in [0.5, 0.6) is 0 Å². The van der Waals surface area contributed by atoms with Crippen LogP contribution in [0.1, 0.15) is 72.6 Å². The zero-order chi connectivity index (χ0) is 17.3. The van der Waals surface area contributed by atoms with E-state index in [0.717, 1.165) is 30.1 Å². The molecule has 0 heterocycles. The van der Waals surface area contributed by atoms with Crippen molar-refractivity contribution in [2.45, 2.75) is 72.6 Å². The molecular weight excluding hydrogens is 292 g/mol. The predicted molar refractivity (Wildman–Crippen MR) is 101 cm³/mol. The number of fused-ring (bicyclic) bond motifs is 4. The lowest BCUT2D eigenvalue weighted by Gasteiger charge is -2.54. The maximum Gasteiger partial charge on any atom is 0.0431 e. The summed E-state index contributed by atoms with van der Waals surface area (Å²) in [5.74, 6) is 3.15. The molecule has 0 aliphatic heterocycles. The van der Waals surface area contributed by atoms with Gasteiger partial charge in [0.1, 0.15) is 0 Å². The summed E-state index contributed by atoms with van der Waals surface area (Å²) in [5.41, 5.74) is 4.49. The van der Waals surface area contributed by atoms with Gasteiger partial charge in [-0.15, -0.1) is 0 Å². The van der Waals surface area contributed by atoms with Crippen molar-refractivity contribution in [3.05, 3.63) is 23.8 Å². The molecule has 4 rings (SSSR count). The van der Waals surface area contributed by atoms with Crippen LogP contribution < -0.4 is 0 Å². The van der Waals surface area contributed by atoms with Crippen LogP contribution >= 0.6 is 0 Å². The summed E-state index contributed by atoms with van der Waals surface area (Å²) < 4.78 is 0. The quantitative estimate of drug-likeness (QED) is 0.699. The van der Waals surface area contributed by atoms with Crippen LogP contribution in [0.25, 0.3) is 0 Å². The minimum absolute atomic E-state index is 0.357. The third kappa shape index (κ3) is 2.03. The normalized spacial score (nSPS) is 48.9. The molecule has 0 saturated heterocycles. The van der Waals surface area contributed by atoms with Crippen LogP contribution in [0.2, 0.25) is 0 Å². The van der Waals surface area contributed by atoms with Crippen molar-refractivity contribution in [2.24, 2.45) is 39.9 Å². The first-order valence-electron chi connectivity index (χ1n) is 10.3. The fourth-order valence-electron chi connectivity index (χ4n) is 7.61. The molecule has 4 aliphatic carbocycles. The molecular formula is C23H36O. The molecule has 4 aliphatic rings. The van der Waals surface area contributed by atoms with Crippen molar-refractivity contribution in [2.75, 3.05) is 6.61 Å². The standard InChI is InChI=1S/C23H36O/c1-15-13-18-22(5,20-19(15)21(20,3)4)16(2)8-10-23(18)11-9-17(14-23)7-6-12-24/h13,16-17,19-20,24H,1,6-12,14H2,2-5H3/t16-,17+,19+,20-,22+,23-/m0/s1. The average Bonchev–Trinajstić information content (AvgIpc) is 2.93. The van der Waals surface area contributed by atoms with E-state index < -0.39 is 0 Å². The Morgan fingerprint density at radius 1 is 1.21 bits per heavy atom. The Morgan fingerprint density at radius 3 is 2.62 bits per heavy atom. The van der Waals surface area contributed by atoms with E-state index >= 15 is 0 Å². The van der Waals surface area contributed by atoms with Crippen LogP contribution in [0, 0.1) is 39.9 Å². The average molecular weight is 329 g/mol. The summed E-state index contributed by atoms with van der Waals surface area (Å²) in [6, 6.07) is 0. The first-order valence-corrected chi connectivity index (χ1v) is 10.3. The molecule has 134 valence electrons. The smallest absolute Gasteiger partial charge is 0.0431 e. The first-order chi connectivity index (χ1) is 11.3. The molecule has 0 bridgehead atoms. The summed E-state index contributed by atoms with van der Waals surface area (Å²) in [4.78, 5) is 0. The molecule has 3 fully saturated rings. The molecule has 1 nitrogen and oxygen atoms in total. The van der Waals surface area contributed by atoms with Gasteiger partial charge in [0.05, 0.1) is 0 Å². The fourth-order valence-corrected chi connectivity index (χ4v) is 7.61. The molecule has 6 atom stereocenters. The SMILES string of the molecule is C=C1C=C2[C@]3(CC[C@@H](CCCO)C3)CC[C@H](C)[C@@]2(C)[C@H]2[C@@H]1C2(C)C. The third-order valence-corrected chi connectivity index (χ3v) is 8.91. The first kappa shape index (κ1) is 16.9. The van der Waals surface area contributed by atoms with Gasteiger partial charge < -0.3 is 5.11 Å². The van der Waals surface area contributed by atoms with Gasteiger partial charge in [-0.3, -0.25) is 0 Å². The molecule has 0 unspecified atom stereocenters. The Labute approximate surface area is 148 Å². The summed E-state index contributed by atoms with van der Waals surface area (Å²) in [6.45, 7) is 14.9. The minimum Gasteiger partial charge on any atom is -0.396 e. The van der Waals surface area contributed by atoms with E-state index in [-0.39, 0.29) is 0 Å². The van der Waals surface area contributed by atoms with Gasteiger partial charge in [-0.1, -0.05) is 51.5 Å². The van der Waals surface area contributed by atoms with E-state index in [2.05, 4.69) is 40.3 Å². The van der Waals surface area contributed by atoms with Crippen LogP contribution in [-0.2, 0) is 0 Å². The van der Waals surface area contributed by atoms with Crippen LogP contribution in [0.4, 0.5) is 0 Å². The number of allylic oxidation sites excluding steroid dienone is 3. The summed E-state index contributed by atoms with van der Waals surface area (Å²) >= 11 is 0. The zero-order valence-electron chi connectivity index (χ0n) is 16.2. The highest BCUT2D eigenvalue weighted by Gasteiger charge is 2.71. The van der Waals surface area contributed by atoms with Crippen molar-refractivity contribution >= 4 is 0 Å². The topological polar surface area (TPSA) is 20.2 Å². The molecule has 1 N–H and O–H groups in total. The zero-order valence-corrected chi connectivity index (χ0v) is 16.2. The van der Waals surface area contributed by atoms with Crippen LogP contribution in [0.15, 0.2) is 23.8 Å². The van der Waals surface area contributed by atoms with Gasteiger partial charge in [-0.05, 0) is 84.9 Å². The van der Waals surface area contributed by atoms with Gasteiger partial charge in [-0.2, -0.15) is 0 Å². The van der Waals surface area contributed by atoms with Crippen molar-refractivity contribution in [3.8, 4) is 0 Å². The molecule has 0 aromatic carbocycles. The number of hydrogen-bond acceptors (Lipinski definition) is 1. The second kappa shape index (κ2) is 5.22. The highest BCUT2D eigenvalue weighted by atomic mass is 16.2. The Balaban J connectivity index is 1.69. The largest absolute Gasteiger partial charge is 0.396 e. The van der Waals surface area contributed by atoms with Gasteiger partial charge in [0.25, 0.3) is 0 Å². The van der Waals surface area contributed by atoms with Crippen molar-refractivity contribution in [1.29, 1.82) is 0 Å². The lowest BCUT2D eigenvalue weighted by atomic mass is 9.50. The molecule has 0 radical (unpaired) electrons. The van der Waals surface area contributed by atoms with Crippen molar-refractivity contribution < 1.29 is 5.11 Å². The monoisotopic (exact) mass is 328 g/mol. The fraction of sp³-hybridized carbons (Fsp3) is 0.826. The number of hydrogen-bond donors (Lipinski definition) is 1. The van der Waals surface area contributed by atoms with E-state index in [1.54, 1.807) is 5.57 Å². The van der Waals surface area contributed by atoms with Gasteiger partial charge in [-0.25, -0.2) is 0 Å². The molecule has 0 amide bonds. The molecule has 1 spiro atoms. The Kier molecular flexibility index (Phi) is 3.67. The molecule has 0 aromatic rings. The van der Waals surface area contributed by atoms with Crippen molar-refractivity contribution in [1.82, 2.24) is 0 Å². The summed E-state index contributed by atoms with van der Waals surface area (Å²) in [5, 5.41) is 9.20. The highest BCUT2D eigenvalue weighted by molar-refractivity contribution is 5.47. The van der Waals surface area contributed by atoms with Crippen LogP contribution in [0.3, 0.4) is 0 Å². The Bertz CT molecular complexity index is 585. The molecule has 0 aromatic heterocycles. The predicted octanol–water partition coefficient (Wildman–Crippen LogP) is 5.75. The molecule has 3 saturated carbocycles. The van der Waals surface area contributed by atoms with E-state index in [9.17, 15) is 5.11 Å². The number of aliphatic hydroxyl groups is 1. The van der Waals surface area contributed by atoms with E-state index in [0.29, 0.717) is 22.9 Å². The molecule has 1 heteroatoms. The van der Waals surface area contributed by atoms with Crippen LogP contribution in [-0.4, -0.2) is 11.7 Å². The maximum atomic E-state index is 9.20. The number of rotatable bonds is 3. The summed E-state index contributed by atoms with van der Waals surface area (Å²) in [6.07, 6.45) is 11.7. The Morgan fingerprint density at radius 2 is 1.92 bits per heavy atom. The second-order valence-electron chi connectivity index (χ2n) is 10.4. The second-order valence-corrected chi connectivity index (χ2v) is 10.4. The highest BCUT2D eigenvalue weighted by Crippen LogP contribution is 2.78. The maximum absolute atomic E-state index is 9.20. The molecule has 24 heavy (non-hydrogen) atoms. The third-order valence-electron chi connectivity index (χ3n) is 8.91. The van der Waals surface area contributed by atoms with E-state index in [1.807, 2.05) is 0 Å². The summed E-state index contributed by atoms with van der Waals surface area (Å²) in [7, 11) is 0. The van der Waals surface area contributed by atoms with Crippen molar-refractivity contribution in [3.63, 3.8) is 0 Å². The lowest BCUT2D eigenvalue weighted by molar-refractivity contribution is 0.0704. The van der Waals surface area contributed by atoms with Gasteiger partial charge in [0.15, 0.2) is 0 Å². The van der Waals surface area contributed by atoms with Gasteiger partial charge in [0.2, 0.25) is 0 Å². The number of aliphatic hydroxyl groups excluding tert-OH is 1.